The van der Waals surface area contributed by atoms with Gasteiger partial charge in [0.05, 0.1) is 0 Å². The van der Waals surface area contributed by atoms with Crippen molar-refractivity contribution in [1.82, 2.24) is 0 Å². The molecule has 0 aliphatic rings. The smallest absolute Gasteiger partial charge is 0.0444 e. The summed E-state index contributed by atoms with van der Waals surface area (Å²) in [5.41, 5.74) is 0. The second-order valence-corrected chi connectivity index (χ2v) is 3.88. The molecule has 0 N–H and O–H groups in total. The van der Waals surface area contributed by atoms with E-state index in [4.69, 9.17) is 0 Å². The fraction of sp³-hybridized carbons (Fsp3) is 1.00. The number of hydrogen-bond acceptors (Lipinski definition) is 2. The Morgan fingerprint density at radius 2 is 1.88 bits per heavy atom. The minimum Gasteiger partial charge on any atom is -0.165 e. The average molecular weight is 150 g/mol. The van der Waals surface area contributed by atoms with Crippen LogP contribution in [0.2, 0.25) is 0 Å². The molecular formula is C6H14S2. The van der Waals surface area contributed by atoms with Crippen LogP contribution in [0.4, 0.5) is 0 Å². The third-order valence-corrected chi connectivity index (χ3v) is 1.73. The van der Waals surface area contributed by atoms with E-state index in [9.17, 15) is 0 Å². The van der Waals surface area contributed by atoms with Gasteiger partial charge in [0.25, 0.3) is 0 Å². The van der Waals surface area contributed by atoms with Gasteiger partial charge in [-0.2, -0.15) is 25.3 Å². The molecule has 0 saturated carbocycles. The normalized spacial score (nSPS) is 14.6. The van der Waals surface area contributed by atoms with Gasteiger partial charge in [-0.3, -0.25) is 0 Å². The van der Waals surface area contributed by atoms with E-state index in [1.807, 2.05) is 0 Å². The largest absolute Gasteiger partial charge is 0.165 e. The fourth-order valence-corrected chi connectivity index (χ4v) is 1.25. The zero-order valence-electron chi connectivity index (χ0n) is 5.46. The molecule has 50 valence electrons. The Morgan fingerprint density at radius 1 is 1.38 bits per heavy atom. The Hall–Kier alpha value is 0.700. The second-order valence-electron chi connectivity index (χ2n) is 2.23. The second kappa shape index (κ2) is 4.57. The third-order valence-electron chi connectivity index (χ3n) is 1.31. The topological polar surface area (TPSA) is 0 Å². The van der Waals surface area contributed by atoms with Crippen molar-refractivity contribution in [3.8, 4) is 0 Å². The maximum Gasteiger partial charge on any atom is 0.0444 e. The molecule has 0 bridgehead atoms. The molecule has 0 heterocycles. The van der Waals surface area contributed by atoms with Crippen LogP contribution in [0, 0.1) is 5.92 Å². The van der Waals surface area contributed by atoms with Crippen LogP contribution in [0.25, 0.3) is 0 Å². The minimum atomic E-state index is 0.268. The molecule has 0 aromatic rings. The predicted molar refractivity (Wildman–Crippen MR) is 45.8 cm³/mol. The van der Waals surface area contributed by atoms with Crippen LogP contribution in [-0.2, 0) is 0 Å². The van der Waals surface area contributed by atoms with Gasteiger partial charge in [0.15, 0.2) is 0 Å². The standard InChI is InChI=1S/C6H14S2/c1-3-5(2)4-6(7)8/h5-8H,3-4H2,1-2H3. The monoisotopic (exact) mass is 150 g/mol. The van der Waals surface area contributed by atoms with E-state index in [1.54, 1.807) is 0 Å². The fourth-order valence-electron chi connectivity index (χ4n) is 0.527. The molecule has 0 radical (unpaired) electrons. The Balaban J connectivity index is 3.10. The first-order valence-corrected chi connectivity index (χ1v) is 4.06. The zero-order chi connectivity index (χ0) is 6.57. The van der Waals surface area contributed by atoms with Crippen molar-refractivity contribution in [3.63, 3.8) is 0 Å². The summed E-state index contributed by atoms with van der Waals surface area (Å²) < 4.78 is 0.268. The van der Waals surface area contributed by atoms with E-state index in [0.717, 1.165) is 12.3 Å². The van der Waals surface area contributed by atoms with Gasteiger partial charge in [0, 0.05) is 4.58 Å². The summed E-state index contributed by atoms with van der Waals surface area (Å²) in [6.07, 6.45) is 2.35. The lowest BCUT2D eigenvalue weighted by Crippen LogP contribution is -1.97. The highest BCUT2D eigenvalue weighted by Gasteiger charge is 2.01. The van der Waals surface area contributed by atoms with Crippen LogP contribution in [-0.4, -0.2) is 4.58 Å². The van der Waals surface area contributed by atoms with Crippen LogP contribution >= 0.6 is 25.3 Å². The molecule has 2 heteroatoms. The molecule has 8 heavy (non-hydrogen) atoms. The lowest BCUT2D eigenvalue weighted by atomic mass is 10.1. The van der Waals surface area contributed by atoms with Crippen molar-refractivity contribution in [2.75, 3.05) is 0 Å². The molecule has 1 unspecified atom stereocenters. The molecule has 0 aliphatic carbocycles. The lowest BCUT2D eigenvalue weighted by molar-refractivity contribution is 0.541. The zero-order valence-corrected chi connectivity index (χ0v) is 7.25. The van der Waals surface area contributed by atoms with Gasteiger partial charge in [-0.1, -0.05) is 20.3 Å². The van der Waals surface area contributed by atoms with E-state index in [-0.39, 0.29) is 4.58 Å². The molecule has 0 rings (SSSR count). The molecule has 0 aromatic carbocycles. The Morgan fingerprint density at radius 3 is 2.00 bits per heavy atom. The average Bonchev–Trinajstić information content (AvgIpc) is 1.65. The van der Waals surface area contributed by atoms with Gasteiger partial charge >= 0.3 is 0 Å². The van der Waals surface area contributed by atoms with Gasteiger partial charge in [0.1, 0.15) is 0 Å². The van der Waals surface area contributed by atoms with Gasteiger partial charge in [0.2, 0.25) is 0 Å². The molecule has 0 aliphatic heterocycles. The lowest BCUT2D eigenvalue weighted by Gasteiger charge is -2.08. The highest BCUT2D eigenvalue weighted by molar-refractivity contribution is 7.99. The van der Waals surface area contributed by atoms with Gasteiger partial charge in [-0.25, -0.2) is 0 Å². The first kappa shape index (κ1) is 8.70. The van der Waals surface area contributed by atoms with E-state index in [1.165, 1.54) is 6.42 Å². The van der Waals surface area contributed by atoms with Crippen LogP contribution < -0.4 is 0 Å². The molecule has 0 saturated heterocycles. The first-order valence-electron chi connectivity index (χ1n) is 3.03. The first-order chi connectivity index (χ1) is 3.66. The highest BCUT2D eigenvalue weighted by atomic mass is 32.2. The number of hydrogen-bond donors (Lipinski definition) is 2. The molecular weight excluding hydrogens is 136 g/mol. The summed E-state index contributed by atoms with van der Waals surface area (Å²) in [5.74, 6) is 0.773. The van der Waals surface area contributed by atoms with Crippen molar-refractivity contribution >= 4 is 25.3 Å². The highest BCUT2D eigenvalue weighted by Crippen LogP contribution is 2.15. The summed E-state index contributed by atoms with van der Waals surface area (Å²) in [4.78, 5) is 0. The Bertz CT molecular complexity index is 52.5. The van der Waals surface area contributed by atoms with E-state index >= 15 is 0 Å². The van der Waals surface area contributed by atoms with Crippen molar-refractivity contribution in [3.05, 3.63) is 0 Å². The molecule has 1 atom stereocenters. The molecule has 0 fully saturated rings. The van der Waals surface area contributed by atoms with Gasteiger partial charge in [-0.15, -0.1) is 0 Å². The third kappa shape index (κ3) is 4.85. The van der Waals surface area contributed by atoms with Gasteiger partial charge in [-0.05, 0) is 12.3 Å². The summed E-state index contributed by atoms with van der Waals surface area (Å²) in [7, 11) is 0. The minimum absolute atomic E-state index is 0.268. The Kier molecular flexibility index (Phi) is 4.97. The predicted octanol–water partition coefficient (Wildman–Crippen LogP) is 2.61. The molecule has 0 spiro atoms. The molecule has 0 aromatic heterocycles. The summed E-state index contributed by atoms with van der Waals surface area (Å²) in [6, 6.07) is 0. The molecule has 0 amide bonds. The van der Waals surface area contributed by atoms with E-state index in [2.05, 4.69) is 39.1 Å². The quantitative estimate of drug-likeness (QED) is 0.448. The Labute approximate surface area is 62.9 Å². The maximum atomic E-state index is 4.16. The van der Waals surface area contributed by atoms with Gasteiger partial charge < -0.3 is 0 Å². The van der Waals surface area contributed by atoms with E-state index < -0.39 is 0 Å². The van der Waals surface area contributed by atoms with Crippen molar-refractivity contribution < 1.29 is 0 Å². The van der Waals surface area contributed by atoms with Crippen molar-refractivity contribution in [2.24, 2.45) is 5.92 Å². The summed E-state index contributed by atoms with van der Waals surface area (Å²) in [5, 5.41) is 0. The van der Waals surface area contributed by atoms with Crippen LogP contribution in [0.15, 0.2) is 0 Å². The van der Waals surface area contributed by atoms with Crippen LogP contribution in [0.3, 0.4) is 0 Å². The summed E-state index contributed by atoms with van der Waals surface area (Å²) in [6.45, 7) is 4.41. The number of rotatable bonds is 3. The number of thiol groups is 2. The molecule has 0 nitrogen and oxygen atoms in total. The van der Waals surface area contributed by atoms with Crippen molar-refractivity contribution in [2.45, 2.75) is 31.3 Å². The summed E-state index contributed by atoms with van der Waals surface area (Å²) >= 11 is 8.31. The van der Waals surface area contributed by atoms with Crippen LogP contribution in [0.5, 0.6) is 0 Å². The van der Waals surface area contributed by atoms with Crippen LogP contribution in [0.1, 0.15) is 26.7 Å². The maximum absolute atomic E-state index is 4.16. The van der Waals surface area contributed by atoms with E-state index in [0.29, 0.717) is 0 Å². The SMILES string of the molecule is CCC(C)CC(S)S. The van der Waals surface area contributed by atoms with Crippen molar-refractivity contribution in [1.29, 1.82) is 0 Å².